The quantitative estimate of drug-likeness (QED) is 0.259. The molecule has 2 N–H and O–H groups in total. The van der Waals surface area contributed by atoms with Gasteiger partial charge in [-0.05, 0) is 97.3 Å². The zero-order valence-corrected chi connectivity index (χ0v) is 21.0. The molecule has 3 heteroatoms. The molecule has 4 rings (SSSR count). The minimum absolute atomic E-state index is 0.111. The molecule has 1 aromatic carbocycles. The number of phenolic OH excluding ortho intramolecular Hbond substituents is 1. The summed E-state index contributed by atoms with van der Waals surface area (Å²) < 4.78 is 0. The predicted octanol–water partition coefficient (Wildman–Crippen LogP) is 7.98. The molecule has 2 saturated carbocycles. The molecule has 0 saturated heterocycles. The molecule has 0 aliphatic heterocycles. The Balaban J connectivity index is 1.34. The van der Waals surface area contributed by atoms with Gasteiger partial charge in [0.05, 0.1) is 6.10 Å². The summed E-state index contributed by atoms with van der Waals surface area (Å²) >= 11 is 5.76. The summed E-state index contributed by atoms with van der Waals surface area (Å²) in [7, 11) is 0. The number of hydrogen-bond acceptors (Lipinski definition) is 2. The van der Waals surface area contributed by atoms with E-state index in [4.69, 9.17) is 11.6 Å². The van der Waals surface area contributed by atoms with Crippen LogP contribution < -0.4 is 0 Å². The molecule has 1 aromatic rings. The van der Waals surface area contributed by atoms with E-state index in [2.05, 4.69) is 13.0 Å². The Hall–Kier alpha value is -0.730. The van der Waals surface area contributed by atoms with Gasteiger partial charge in [0.15, 0.2) is 0 Å². The van der Waals surface area contributed by atoms with Gasteiger partial charge in [-0.2, -0.15) is 0 Å². The maximum atomic E-state index is 10.8. The van der Waals surface area contributed by atoms with Gasteiger partial charge < -0.3 is 10.2 Å². The highest BCUT2D eigenvalue weighted by molar-refractivity contribution is 6.17. The second-order valence-electron chi connectivity index (χ2n) is 11.4. The van der Waals surface area contributed by atoms with E-state index in [0.717, 1.165) is 25.1 Å². The van der Waals surface area contributed by atoms with Gasteiger partial charge in [-0.25, -0.2) is 0 Å². The van der Waals surface area contributed by atoms with Crippen molar-refractivity contribution in [2.45, 2.75) is 115 Å². The minimum Gasteiger partial charge on any atom is -0.508 e. The highest BCUT2D eigenvalue weighted by atomic mass is 35.5. The van der Waals surface area contributed by atoms with Crippen molar-refractivity contribution < 1.29 is 10.2 Å². The topological polar surface area (TPSA) is 40.5 Å². The maximum Gasteiger partial charge on any atom is 0.115 e. The molecule has 2 nitrogen and oxygen atoms in total. The van der Waals surface area contributed by atoms with Crippen LogP contribution in [0.3, 0.4) is 0 Å². The van der Waals surface area contributed by atoms with E-state index in [1.807, 2.05) is 12.1 Å². The molecule has 0 spiro atoms. The number of rotatable bonds is 11. The van der Waals surface area contributed by atoms with Gasteiger partial charge in [-0.15, -0.1) is 11.6 Å². The highest BCUT2D eigenvalue weighted by Gasteiger charge is 2.56. The molecule has 0 heterocycles. The lowest BCUT2D eigenvalue weighted by atomic mass is 9.52. The first kappa shape index (κ1) is 24.4. The smallest absolute Gasteiger partial charge is 0.115 e. The van der Waals surface area contributed by atoms with Crippen LogP contribution in [-0.2, 0) is 6.42 Å². The van der Waals surface area contributed by atoms with E-state index in [-0.39, 0.29) is 11.5 Å². The molecule has 0 aromatic heterocycles. The molecule has 180 valence electrons. The predicted molar refractivity (Wildman–Crippen MR) is 134 cm³/mol. The van der Waals surface area contributed by atoms with Gasteiger partial charge in [0.1, 0.15) is 5.75 Å². The normalized spacial score (nSPS) is 33.5. The Morgan fingerprint density at radius 2 is 1.62 bits per heavy atom. The van der Waals surface area contributed by atoms with Crippen LogP contribution in [-0.4, -0.2) is 22.2 Å². The Morgan fingerprint density at radius 1 is 0.938 bits per heavy atom. The first-order valence-electron chi connectivity index (χ1n) is 13.6. The van der Waals surface area contributed by atoms with Gasteiger partial charge >= 0.3 is 0 Å². The maximum absolute atomic E-state index is 10.8. The van der Waals surface area contributed by atoms with E-state index in [1.165, 1.54) is 88.2 Å². The molecular weight excluding hydrogens is 416 g/mol. The van der Waals surface area contributed by atoms with Crippen LogP contribution >= 0.6 is 11.6 Å². The molecule has 6 atom stereocenters. The van der Waals surface area contributed by atoms with Crippen LogP contribution in [0, 0.1) is 23.2 Å². The van der Waals surface area contributed by atoms with Crippen molar-refractivity contribution in [2.24, 2.45) is 23.2 Å². The zero-order chi connectivity index (χ0) is 22.6. The summed E-state index contributed by atoms with van der Waals surface area (Å²) in [5.41, 5.74) is 3.02. The third-order valence-corrected chi connectivity index (χ3v) is 9.81. The number of benzene rings is 1. The lowest BCUT2D eigenvalue weighted by molar-refractivity contribution is -0.0396. The summed E-state index contributed by atoms with van der Waals surface area (Å²) in [5.74, 6) is 3.94. The molecule has 0 amide bonds. The molecule has 3 aliphatic rings. The number of aliphatic hydroxyl groups excluding tert-OH is 1. The molecule has 2 fully saturated rings. The summed E-state index contributed by atoms with van der Waals surface area (Å²) in [6.07, 6.45) is 18.8. The minimum atomic E-state index is -0.111. The fourth-order valence-corrected chi connectivity index (χ4v) is 7.96. The van der Waals surface area contributed by atoms with Crippen molar-refractivity contribution >= 4 is 11.6 Å². The van der Waals surface area contributed by atoms with Crippen LogP contribution in [0.2, 0.25) is 0 Å². The monoisotopic (exact) mass is 460 g/mol. The Bertz CT molecular complexity index is 734. The van der Waals surface area contributed by atoms with Gasteiger partial charge in [-0.3, -0.25) is 0 Å². The van der Waals surface area contributed by atoms with Crippen LogP contribution in [0.4, 0.5) is 0 Å². The second-order valence-corrected chi connectivity index (χ2v) is 11.8. The fraction of sp³-hybridized carbons (Fsp3) is 0.793. The van der Waals surface area contributed by atoms with E-state index >= 15 is 0 Å². The Labute approximate surface area is 201 Å². The van der Waals surface area contributed by atoms with Crippen LogP contribution in [0.1, 0.15) is 114 Å². The Kier molecular flexibility index (Phi) is 8.49. The van der Waals surface area contributed by atoms with Gasteiger partial charge in [0.25, 0.3) is 0 Å². The van der Waals surface area contributed by atoms with Gasteiger partial charge in [0.2, 0.25) is 0 Å². The van der Waals surface area contributed by atoms with Crippen molar-refractivity contribution in [1.82, 2.24) is 0 Å². The number of aliphatic hydroxyl groups is 1. The van der Waals surface area contributed by atoms with E-state index < -0.39 is 0 Å². The first-order chi connectivity index (χ1) is 15.5. The third-order valence-electron chi connectivity index (χ3n) is 9.54. The van der Waals surface area contributed by atoms with E-state index in [0.29, 0.717) is 29.4 Å². The summed E-state index contributed by atoms with van der Waals surface area (Å²) in [4.78, 5) is 0. The standard InChI is InChI=1S/C29H45ClO2/c1-29-17-16-25-24-13-12-23(31)20-22(24)19-21(28(25)26(29)14-15-27(29)32)11-9-7-5-3-2-4-6-8-10-18-30/h12-13,20-21,25-28,31-32H,2-11,14-19H2,1H3/t21-,25-,26+,27+,28-,29+/m1/s1. The molecular formula is C29H45ClO2. The van der Waals surface area contributed by atoms with Crippen molar-refractivity contribution in [3.8, 4) is 5.75 Å². The van der Waals surface area contributed by atoms with Crippen LogP contribution in [0.5, 0.6) is 5.75 Å². The summed E-state index contributed by atoms with van der Waals surface area (Å²) in [6, 6.07) is 6.14. The number of hydrogen-bond donors (Lipinski definition) is 2. The number of alkyl halides is 1. The number of aromatic hydroxyl groups is 1. The van der Waals surface area contributed by atoms with Crippen molar-refractivity contribution in [3.05, 3.63) is 29.3 Å². The summed E-state index contributed by atoms with van der Waals surface area (Å²) in [6.45, 7) is 2.38. The zero-order valence-electron chi connectivity index (χ0n) is 20.2. The number of fused-ring (bicyclic) bond motifs is 5. The van der Waals surface area contributed by atoms with Crippen LogP contribution in [0.25, 0.3) is 0 Å². The molecule has 32 heavy (non-hydrogen) atoms. The SMILES string of the molecule is C[C@]12CC[C@@H]3c4ccc(O)cc4C[C@@H](CCCCCCCCCCCCl)[C@H]3[C@@H]1CC[C@@H]2O. The van der Waals surface area contributed by atoms with Crippen LogP contribution in [0.15, 0.2) is 18.2 Å². The molecule has 0 unspecified atom stereocenters. The fourth-order valence-electron chi connectivity index (χ4n) is 7.77. The lowest BCUT2D eigenvalue weighted by Gasteiger charge is -2.53. The largest absolute Gasteiger partial charge is 0.508 e. The van der Waals surface area contributed by atoms with E-state index in [9.17, 15) is 10.2 Å². The lowest BCUT2D eigenvalue weighted by Crippen LogP contribution is -2.47. The average Bonchev–Trinajstić information content (AvgIpc) is 3.09. The summed E-state index contributed by atoms with van der Waals surface area (Å²) in [5, 5.41) is 20.9. The third kappa shape index (κ3) is 5.17. The van der Waals surface area contributed by atoms with E-state index in [1.54, 1.807) is 0 Å². The number of unbranched alkanes of at least 4 members (excludes halogenated alkanes) is 8. The Morgan fingerprint density at radius 3 is 2.34 bits per heavy atom. The average molecular weight is 461 g/mol. The van der Waals surface area contributed by atoms with Crippen molar-refractivity contribution in [2.75, 3.05) is 5.88 Å². The first-order valence-corrected chi connectivity index (χ1v) is 14.1. The molecule has 0 bridgehead atoms. The number of phenols is 1. The second kappa shape index (κ2) is 11.1. The highest BCUT2D eigenvalue weighted by Crippen LogP contribution is 2.62. The van der Waals surface area contributed by atoms with Crippen molar-refractivity contribution in [3.63, 3.8) is 0 Å². The molecule has 3 aliphatic carbocycles. The van der Waals surface area contributed by atoms with Gasteiger partial charge in [0, 0.05) is 5.88 Å². The number of halogens is 1. The van der Waals surface area contributed by atoms with Crippen molar-refractivity contribution in [1.29, 1.82) is 0 Å². The van der Waals surface area contributed by atoms with Gasteiger partial charge in [-0.1, -0.05) is 64.4 Å². The molecule has 0 radical (unpaired) electrons.